The third-order valence-electron chi connectivity index (χ3n) is 2.32. The van der Waals surface area contributed by atoms with Crippen LogP contribution in [0, 0.1) is 0 Å². The van der Waals surface area contributed by atoms with Crippen molar-refractivity contribution in [1.29, 1.82) is 0 Å². The molecule has 0 fully saturated rings. The van der Waals surface area contributed by atoms with Gasteiger partial charge < -0.3 is 5.11 Å². The van der Waals surface area contributed by atoms with E-state index in [4.69, 9.17) is 11.6 Å². The van der Waals surface area contributed by atoms with Crippen molar-refractivity contribution in [3.05, 3.63) is 46.6 Å². The summed E-state index contributed by atoms with van der Waals surface area (Å²) in [7, 11) is -1.20. The van der Waals surface area contributed by atoms with Crippen LogP contribution in [0.3, 0.4) is 0 Å². The van der Waals surface area contributed by atoms with E-state index >= 15 is 0 Å². The Balaban J connectivity index is 2.83. The Kier molecular flexibility index (Phi) is 4.78. The van der Waals surface area contributed by atoms with Crippen molar-refractivity contribution in [3.8, 4) is 0 Å². The summed E-state index contributed by atoms with van der Waals surface area (Å²) in [5, 5.41) is 10.1. The van der Waals surface area contributed by atoms with Crippen molar-refractivity contribution >= 4 is 19.7 Å². The topological polar surface area (TPSA) is 20.2 Å². The van der Waals surface area contributed by atoms with Crippen molar-refractivity contribution in [3.63, 3.8) is 0 Å². The van der Waals surface area contributed by atoms with Crippen LogP contribution in [0.2, 0.25) is 24.7 Å². The molecule has 16 heavy (non-hydrogen) atoms. The largest absolute Gasteiger partial charge is 0.395 e. The first-order valence-electron chi connectivity index (χ1n) is 5.48. The molecule has 0 aromatic heterocycles. The SMILES string of the molecule is C[Si](C)(C)/C=C/C(CO)c1ccc(Cl)cc1. The second-order valence-corrected chi connectivity index (χ2v) is 10.6. The molecule has 0 saturated heterocycles. The number of hydrogen-bond donors (Lipinski definition) is 1. The molecule has 0 saturated carbocycles. The maximum absolute atomic E-state index is 9.38. The molecular weight excluding hydrogens is 236 g/mol. The van der Waals surface area contributed by atoms with Gasteiger partial charge in [-0.15, -0.1) is 0 Å². The van der Waals surface area contributed by atoms with Crippen molar-refractivity contribution in [2.75, 3.05) is 6.61 Å². The molecular formula is C13H19ClOSi. The van der Waals surface area contributed by atoms with Gasteiger partial charge in [-0.05, 0) is 17.7 Å². The van der Waals surface area contributed by atoms with Crippen molar-refractivity contribution < 1.29 is 5.11 Å². The number of rotatable bonds is 4. The van der Waals surface area contributed by atoms with Gasteiger partial charge in [0.2, 0.25) is 0 Å². The van der Waals surface area contributed by atoms with Crippen LogP contribution in [-0.4, -0.2) is 19.8 Å². The standard InChI is InChI=1S/C13H19ClOSi/c1-16(2,3)9-8-12(10-15)11-4-6-13(14)7-5-11/h4-9,12,15H,10H2,1-3H3/b9-8+. The van der Waals surface area contributed by atoms with Crippen LogP contribution in [0.1, 0.15) is 11.5 Å². The van der Waals surface area contributed by atoms with E-state index in [1.807, 2.05) is 24.3 Å². The number of halogens is 1. The summed E-state index contributed by atoms with van der Waals surface area (Å²) in [5.74, 6) is 0.0870. The van der Waals surface area contributed by atoms with Gasteiger partial charge in [0.1, 0.15) is 0 Å². The average Bonchev–Trinajstić information content (AvgIpc) is 2.20. The summed E-state index contributed by atoms with van der Waals surface area (Å²) in [5.41, 5.74) is 3.38. The first-order chi connectivity index (χ1) is 7.42. The molecule has 0 spiro atoms. The summed E-state index contributed by atoms with van der Waals surface area (Å²) in [6.45, 7) is 6.97. The van der Waals surface area contributed by atoms with E-state index in [1.165, 1.54) is 0 Å². The van der Waals surface area contributed by atoms with Gasteiger partial charge in [-0.3, -0.25) is 0 Å². The molecule has 0 heterocycles. The highest BCUT2D eigenvalue weighted by Crippen LogP contribution is 2.20. The smallest absolute Gasteiger partial charge is 0.0683 e. The van der Waals surface area contributed by atoms with Gasteiger partial charge in [-0.1, -0.05) is 55.2 Å². The fraction of sp³-hybridized carbons (Fsp3) is 0.385. The first-order valence-corrected chi connectivity index (χ1v) is 9.43. The molecule has 3 heteroatoms. The monoisotopic (exact) mass is 254 g/mol. The van der Waals surface area contributed by atoms with Gasteiger partial charge in [0, 0.05) is 10.9 Å². The molecule has 1 nitrogen and oxygen atoms in total. The highest BCUT2D eigenvalue weighted by Gasteiger charge is 2.11. The van der Waals surface area contributed by atoms with E-state index in [-0.39, 0.29) is 12.5 Å². The maximum Gasteiger partial charge on any atom is 0.0683 e. The predicted octanol–water partition coefficient (Wildman–Crippen LogP) is 3.85. The Morgan fingerprint density at radius 3 is 2.25 bits per heavy atom. The quantitative estimate of drug-likeness (QED) is 0.810. The van der Waals surface area contributed by atoms with E-state index in [0.717, 1.165) is 10.6 Å². The minimum Gasteiger partial charge on any atom is -0.395 e. The van der Waals surface area contributed by atoms with E-state index in [1.54, 1.807) is 0 Å². The van der Waals surface area contributed by atoms with Gasteiger partial charge in [-0.25, -0.2) is 0 Å². The van der Waals surface area contributed by atoms with Crippen LogP contribution in [0.15, 0.2) is 36.0 Å². The highest BCUT2D eigenvalue weighted by molar-refractivity contribution is 6.80. The Bertz CT molecular complexity index is 351. The molecule has 1 atom stereocenters. The zero-order chi connectivity index (χ0) is 12.2. The van der Waals surface area contributed by atoms with Gasteiger partial charge in [0.25, 0.3) is 0 Å². The summed E-state index contributed by atoms with van der Waals surface area (Å²) in [6, 6.07) is 7.67. The lowest BCUT2D eigenvalue weighted by Crippen LogP contribution is -2.16. The van der Waals surface area contributed by atoms with Crippen LogP contribution >= 0.6 is 11.6 Å². The van der Waals surface area contributed by atoms with Crippen LogP contribution in [0.4, 0.5) is 0 Å². The molecule has 0 bridgehead atoms. The molecule has 0 aliphatic rings. The second kappa shape index (κ2) is 5.67. The normalized spacial score (nSPS) is 14.3. The van der Waals surface area contributed by atoms with Gasteiger partial charge in [-0.2, -0.15) is 0 Å². The average molecular weight is 255 g/mol. The van der Waals surface area contributed by atoms with Crippen LogP contribution < -0.4 is 0 Å². The van der Waals surface area contributed by atoms with Gasteiger partial charge in [0.05, 0.1) is 14.7 Å². The fourth-order valence-corrected chi connectivity index (χ4v) is 2.33. The lowest BCUT2D eigenvalue weighted by Gasteiger charge is -2.13. The third kappa shape index (κ3) is 4.52. The summed E-state index contributed by atoms with van der Waals surface area (Å²) >= 11 is 5.84. The summed E-state index contributed by atoms with van der Waals surface area (Å²) in [6.07, 6.45) is 2.12. The molecule has 1 N–H and O–H groups in total. The van der Waals surface area contributed by atoms with E-state index < -0.39 is 8.07 Å². The predicted molar refractivity (Wildman–Crippen MR) is 73.8 cm³/mol. The molecule has 1 unspecified atom stereocenters. The molecule has 0 aliphatic carbocycles. The minimum absolute atomic E-state index is 0.0870. The first kappa shape index (κ1) is 13.5. The van der Waals surface area contributed by atoms with Gasteiger partial charge >= 0.3 is 0 Å². The minimum atomic E-state index is -1.20. The lowest BCUT2D eigenvalue weighted by molar-refractivity contribution is 0.283. The Morgan fingerprint density at radius 1 is 1.25 bits per heavy atom. The molecule has 0 amide bonds. The Hall–Kier alpha value is -0.573. The van der Waals surface area contributed by atoms with E-state index in [9.17, 15) is 5.11 Å². The lowest BCUT2D eigenvalue weighted by atomic mass is 10.0. The summed E-state index contributed by atoms with van der Waals surface area (Å²) < 4.78 is 0. The third-order valence-corrected chi connectivity index (χ3v) is 3.77. The fourth-order valence-electron chi connectivity index (χ4n) is 1.39. The van der Waals surface area contributed by atoms with E-state index in [2.05, 4.69) is 31.4 Å². The van der Waals surface area contributed by atoms with E-state index in [0.29, 0.717) is 0 Å². The zero-order valence-corrected chi connectivity index (χ0v) is 11.8. The van der Waals surface area contributed by atoms with Crippen LogP contribution in [0.25, 0.3) is 0 Å². The number of hydrogen-bond acceptors (Lipinski definition) is 1. The van der Waals surface area contributed by atoms with Crippen molar-refractivity contribution in [2.45, 2.75) is 25.6 Å². The Labute approximate surface area is 104 Å². The zero-order valence-electron chi connectivity index (χ0n) is 10.1. The second-order valence-electron chi connectivity index (χ2n) is 5.07. The Morgan fingerprint density at radius 2 is 1.81 bits per heavy atom. The summed E-state index contributed by atoms with van der Waals surface area (Å²) in [4.78, 5) is 0. The van der Waals surface area contributed by atoms with Crippen LogP contribution in [0.5, 0.6) is 0 Å². The van der Waals surface area contributed by atoms with Crippen LogP contribution in [-0.2, 0) is 0 Å². The molecule has 0 radical (unpaired) electrons. The molecule has 0 aliphatic heterocycles. The van der Waals surface area contributed by atoms with Crippen molar-refractivity contribution in [2.24, 2.45) is 0 Å². The number of benzene rings is 1. The molecule has 88 valence electrons. The van der Waals surface area contributed by atoms with Gasteiger partial charge in [0.15, 0.2) is 0 Å². The van der Waals surface area contributed by atoms with Crippen molar-refractivity contribution in [1.82, 2.24) is 0 Å². The molecule has 1 aromatic rings. The molecule has 1 rings (SSSR count). The highest BCUT2D eigenvalue weighted by atomic mass is 35.5. The maximum atomic E-state index is 9.38. The number of aliphatic hydroxyl groups excluding tert-OH is 1. The number of aliphatic hydroxyl groups is 1. The molecule has 1 aromatic carbocycles.